The average Bonchev–Trinajstić information content (AvgIpc) is 3.50. The zero-order chi connectivity index (χ0) is 20.8. The van der Waals surface area contributed by atoms with Crippen molar-refractivity contribution in [3.05, 3.63) is 72.1 Å². The van der Waals surface area contributed by atoms with Gasteiger partial charge in [0.15, 0.2) is 5.96 Å². The molecule has 1 aromatic carbocycles. The molecule has 0 spiro atoms. The summed E-state index contributed by atoms with van der Waals surface area (Å²) in [5.74, 6) is 2.60. The molecule has 3 aromatic rings. The molecule has 2 aromatic heterocycles. The van der Waals surface area contributed by atoms with Crippen LogP contribution in [0.15, 0.2) is 60.1 Å². The van der Waals surface area contributed by atoms with E-state index < -0.39 is 0 Å². The molecule has 0 radical (unpaired) electrons. The van der Waals surface area contributed by atoms with Gasteiger partial charge in [-0.2, -0.15) is 5.10 Å². The van der Waals surface area contributed by atoms with Gasteiger partial charge in [-0.3, -0.25) is 9.67 Å². The molecule has 166 valence electrons. The Kier molecular flexibility index (Phi) is 8.51. The molecule has 0 bridgehead atoms. The van der Waals surface area contributed by atoms with Gasteiger partial charge in [0, 0.05) is 70.7 Å². The lowest BCUT2D eigenvalue weighted by Crippen LogP contribution is -2.40. The highest BCUT2D eigenvalue weighted by Crippen LogP contribution is 2.26. The summed E-state index contributed by atoms with van der Waals surface area (Å²) in [5.41, 5.74) is 2.60. The van der Waals surface area contributed by atoms with E-state index >= 15 is 0 Å². The highest BCUT2D eigenvalue weighted by Gasteiger charge is 2.26. The van der Waals surface area contributed by atoms with Gasteiger partial charge in [-0.1, -0.05) is 30.3 Å². The monoisotopic (exact) mass is 533 g/mol. The summed E-state index contributed by atoms with van der Waals surface area (Å²) in [6.45, 7) is 6.57. The SMILES string of the molecule is CCNC(=NCCc1nccn1Cc1ccccc1)N1CCC(c2cnn(C)c2)C1.I. The van der Waals surface area contributed by atoms with Crippen LogP contribution in [0.5, 0.6) is 0 Å². The number of benzene rings is 1. The van der Waals surface area contributed by atoms with Crippen molar-refractivity contribution in [1.82, 2.24) is 29.5 Å². The Bertz CT molecular complexity index is 963. The largest absolute Gasteiger partial charge is 0.357 e. The van der Waals surface area contributed by atoms with Gasteiger partial charge < -0.3 is 14.8 Å². The van der Waals surface area contributed by atoms with E-state index in [2.05, 4.69) is 68.4 Å². The molecule has 0 aliphatic carbocycles. The van der Waals surface area contributed by atoms with E-state index in [0.29, 0.717) is 5.92 Å². The first-order valence-electron chi connectivity index (χ1n) is 10.8. The summed E-state index contributed by atoms with van der Waals surface area (Å²) < 4.78 is 4.10. The number of nitrogens with one attached hydrogen (secondary N) is 1. The number of rotatable bonds is 7. The Labute approximate surface area is 201 Å². The molecular formula is C23H32IN7. The summed E-state index contributed by atoms with van der Waals surface area (Å²) in [6.07, 6.45) is 10.0. The molecule has 3 heterocycles. The van der Waals surface area contributed by atoms with Crippen molar-refractivity contribution in [3.8, 4) is 0 Å². The number of guanidine groups is 1. The molecule has 0 saturated carbocycles. The van der Waals surface area contributed by atoms with Crippen LogP contribution in [0.1, 0.15) is 36.2 Å². The van der Waals surface area contributed by atoms with Gasteiger partial charge in [-0.15, -0.1) is 24.0 Å². The van der Waals surface area contributed by atoms with Crippen molar-refractivity contribution in [2.24, 2.45) is 12.0 Å². The number of hydrogen-bond acceptors (Lipinski definition) is 3. The normalized spacial score (nSPS) is 16.4. The van der Waals surface area contributed by atoms with Gasteiger partial charge in [-0.05, 0) is 24.5 Å². The quantitative estimate of drug-likeness (QED) is 0.288. The molecule has 1 saturated heterocycles. The summed E-state index contributed by atoms with van der Waals surface area (Å²) in [7, 11) is 1.98. The second kappa shape index (κ2) is 11.3. The number of aryl methyl sites for hydroxylation is 1. The Balaban J connectivity index is 0.00000272. The molecule has 1 aliphatic heterocycles. The fourth-order valence-corrected chi connectivity index (χ4v) is 4.06. The van der Waals surface area contributed by atoms with Crippen molar-refractivity contribution in [2.45, 2.75) is 32.2 Å². The van der Waals surface area contributed by atoms with Crippen LogP contribution in [-0.2, 0) is 20.0 Å². The van der Waals surface area contributed by atoms with Gasteiger partial charge in [0.2, 0.25) is 0 Å². The predicted molar refractivity (Wildman–Crippen MR) is 135 cm³/mol. The molecule has 31 heavy (non-hydrogen) atoms. The number of aromatic nitrogens is 4. The van der Waals surface area contributed by atoms with Crippen LogP contribution in [0, 0.1) is 0 Å². The number of imidazole rings is 1. The van der Waals surface area contributed by atoms with Crippen LogP contribution in [0.4, 0.5) is 0 Å². The minimum Gasteiger partial charge on any atom is -0.357 e. The number of aliphatic imine (C=N–C) groups is 1. The molecule has 1 aliphatic rings. The van der Waals surface area contributed by atoms with E-state index in [4.69, 9.17) is 4.99 Å². The smallest absolute Gasteiger partial charge is 0.193 e. The molecule has 7 nitrogen and oxygen atoms in total. The molecule has 0 amide bonds. The average molecular weight is 533 g/mol. The fourth-order valence-electron chi connectivity index (χ4n) is 4.06. The van der Waals surface area contributed by atoms with E-state index in [1.165, 1.54) is 11.1 Å². The van der Waals surface area contributed by atoms with E-state index in [1.54, 1.807) is 0 Å². The minimum atomic E-state index is 0. The third-order valence-electron chi connectivity index (χ3n) is 5.61. The summed E-state index contributed by atoms with van der Waals surface area (Å²) in [4.78, 5) is 11.8. The Morgan fingerprint density at radius 3 is 2.84 bits per heavy atom. The third kappa shape index (κ3) is 6.09. The van der Waals surface area contributed by atoms with Crippen LogP contribution in [0.3, 0.4) is 0 Å². The standard InChI is InChI=1S/C23H31N7.HI/c1-3-24-23(30-13-10-20(18-30)21-15-27-28(2)17-21)26-11-9-22-25-12-14-29(22)16-19-7-5-4-6-8-19;/h4-8,12,14-15,17,20H,3,9-11,13,16,18H2,1-2H3,(H,24,26);1H. The van der Waals surface area contributed by atoms with Gasteiger partial charge in [0.05, 0.1) is 6.20 Å². The first kappa shape index (κ1) is 23.3. The molecule has 1 atom stereocenters. The minimum absolute atomic E-state index is 0. The fraction of sp³-hybridized carbons (Fsp3) is 0.435. The molecule has 1 fully saturated rings. The molecule has 4 rings (SSSR count). The van der Waals surface area contributed by atoms with Crippen molar-refractivity contribution in [2.75, 3.05) is 26.2 Å². The highest BCUT2D eigenvalue weighted by atomic mass is 127. The van der Waals surface area contributed by atoms with E-state index in [-0.39, 0.29) is 24.0 Å². The van der Waals surface area contributed by atoms with Gasteiger partial charge in [0.25, 0.3) is 0 Å². The van der Waals surface area contributed by atoms with Crippen LogP contribution < -0.4 is 5.32 Å². The van der Waals surface area contributed by atoms with Crippen LogP contribution in [0.2, 0.25) is 0 Å². The lowest BCUT2D eigenvalue weighted by Gasteiger charge is -2.21. The van der Waals surface area contributed by atoms with Crippen molar-refractivity contribution < 1.29 is 0 Å². The van der Waals surface area contributed by atoms with Crippen molar-refractivity contribution in [3.63, 3.8) is 0 Å². The second-order valence-corrected chi connectivity index (χ2v) is 7.82. The summed E-state index contributed by atoms with van der Waals surface area (Å²) in [5, 5.41) is 7.79. The first-order valence-corrected chi connectivity index (χ1v) is 10.8. The first-order chi connectivity index (χ1) is 14.7. The maximum atomic E-state index is 4.91. The Morgan fingerprint density at radius 1 is 1.26 bits per heavy atom. The maximum Gasteiger partial charge on any atom is 0.193 e. The second-order valence-electron chi connectivity index (χ2n) is 7.82. The van der Waals surface area contributed by atoms with Gasteiger partial charge >= 0.3 is 0 Å². The molecular weight excluding hydrogens is 501 g/mol. The van der Waals surface area contributed by atoms with E-state index in [1.807, 2.05) is 30.2 Å². The van der Waals surface area contributed by atoms with Crippen LogP contribution >= 0.6 is 24.0 Å². The highest BCUT2D eigenvalue weighted by molar-refractivity contribution is 14.0. The number of likely N-dealkylation sites (tertiary alicyclic amines) is 1. The third-order valence-corrected chi connectivity index (χ3v) is 5.61. The topological polar surface area (TPSA) is 63.3 Å². The maximum absolute atomic E-state index is 4.91. The zero-order valence-electron chi connectivity index (χ0n) is 18.3. The number of halogens is 1. The van der Waals surface area contributed by atoms with Crippen molar-refractivity contribution >= 4 is 29.9 Å². The predicted octanol–water partition coefficient (Wildman–Crippen LogP) is 3.28. The van der Waals surface area contributed by atoms with Crippen LogP contribution in [-0.4, -0.2) is 56.4 Å². The Hall–Kier alpha value is -2.36. The zero-order valence-corrected chi connectivity index (χ0v) is 20.6. The van der Waals surface area contributed by atoms with Crippen LogP contribution in [0.25, 0.3) is 0 Å². The summed E-state index contributed by atoms with van der Waals surface area (Å²) in [6, 6.07) is 10.5. The summed E-state index contributed by atoms with van der Waals surface area (Å²) >= 11 is 0. The lowest BCUT2D eigenvalue weighted by molar-refractivity contribution is 0.486. The molecule has 1 unspecified atom stereocenters. The molecule has 1 N–H and O–H groups in total. The van der Waals surface area contributed by atoms with Gasteiger partial charge in [0.1, 0.15) is 5.82 Å². The van der Waals surface area contributed by atoms with Crippen molar-refractivity contribution in [1.29, 1.82) is 0 Å². The molecule has 8 heteroatoms. The number of nitrogens with zero attached hydrogens (tertiary/aromatic N) is 6. The van der Waals surface area contributed by atoms with E-state index in [9.17, 15) is 0 Å². The van der Waals surface area contributed by atoms with Gasteiger partial charge in [-0.25, -0.2) is 4.98 Å². The van der Waals surface area contributed by atoms with E-state index in [0.717, 1.165) is 57.3 Å². The Morgan fingerprint density at radius 2 is 2.10 bits per heavy atom. The lowest BCUT2D eigenvalue weighted by atomic mass is 10.0. The number of hydrogen-bond donors (Lipinski definition) is 1.